The molecule has 0 aromatic heterocycles. The van der Waals surface area contributed by atoms with Gasteiger partial charge in [0.15, 0.2) is 0 Å². The molecule has 0 saturated carbocycles. The number of carbonyl (C=O) groups excluding carboxylic acids is 1. The number of amides is 1. The summed E-state index contributed by atoms with van der Waals surface area (Å²) in [7, 11) is 1.47. The summed E-state index contributed by atoms with van der Waals surface area (Å²) in [6.07, 6.45) is 0.341. The van der Waals surface area contributed by atoms with Crippen molar-refractivity contribution in [2.45, 2.75) is 12.5 Å². The van der Waals surface area contributed by atoms with Crippen molar-refractivity contribution in [3.8, 4) is 0 Å². The Morgan fingerprint density at radius 2 is 2.40 bits per heavy atom. The van der Waals surface area contributed by atoms with E-state index in [4.69, 9.17) is 9.84 Å². The van der Waals surface area contributed by atoms with Gasteiger partial charge < -0.3 is 15.2 Å². The molecule has 6 nitrogen and oxygen atoms in total. The van der Waals surface area contributed by atoms with Gasteiger partial charge in [0.2, 0.25) is 5.91 Å². The molecule has 86 valence electrons. The molecule has 0 aromatic rings. The zero-order chi connectivity index (χ0) is 11.3. The maximum Gasteiger partial charge on any atom is 0.323 e. The van der Waals surface area contributed by atoms with E-state index in [2.05, 4.69) is 5.32 Å². The van der Waals surface area contributed by atoms with E-state index in [-0.39, 0.29) is 12.5 Å². The molecule has 0 aromatic carbocycles. The number of methoxy groups -OCH3 is 1. The molecule has 0 radical (unpaired) electrons. The van der Waals surface area contributed by atoms with Crippen LogP contribution in [0.5, 0.6) is 0 Å². The molecule has 0 aliphatic carbocycles. The lowest BCUT2D eigenvalue weighted by Gasteiger charge is -2.25. The van der Waals surface area contributed by atoms with Gasteiger partial charge in [-0.3, -0.25) is 14.5 Å². The topological polar surface area (TPSA) is 78.9 Å². The molecule has 1 heterocycles. The molecular weight excluding hydrogens is 200 g/mol. The van der Waals surface area contributed by atoms with Gasteiger partial charge in [0.1, 0.15) is 6.04 Å². The second-order valence-electron chi connectivity index (χ2n) is 3.45. The van der Waals surface area contributed by atoms with Crippen LogP contribution in [0.3, 0.4) is 0 Å². The molecule has 15 heavy (non-hydrogen) atoms. The van der Waals surface area contributed by atoms with E-state index in [1.54, 1.807) is 4.90 Å². The molecule has 1 fully saturated rings. The minimum atomic E-state index is -0.911. The van der Waals surface area contributed by atoms with Crippen LogP contribution in [0.2, 0.25) is 0 Å². The zero-order valence-electron chi connectivity index (χ0n) is 8.73. The van der Waals surface area contributed by atoms with E-state index in [1.165, 1.54) is 7.11 Å². The van der Waals surface area contributed by atoms with Gasteiger partial charge in [0.05, 0.1) is 6.61 Å². The highest BCUT2D eigenvalue weighted by molar-refractivity contribution is 5.77. The lowest BCUT2D eigenvalue weighted by molar-refractivity contribution is -0.145. The average Bonchev–Trinajstić information content (AvgIpc) is 2.39. The number of ether oxygens (including phenoxy) is 1. The molecule has 1 rings (SSSR count). The van der Waals surface area contributed by atoms with Crippen LogP contribution in [-0.2, 0) is 14.3 Å². The smallest absolute Gasteiger partial charge is 0.323 e. The summed E-state index contributed by atoms with van der Waals surface area (Å²) < 4.78 is 4.86. The first-order chi connectivity index (χ1) is 7.15. The largest absolute Gasteiger partial charge is 0.480 e. The second-order valence-corrected chi connectivity index (χ2v) is 3.45. The van der Waals surface area contributed by atoms with Crippen LogP contribution >= 0.6 is 0 Å². The van der Waals surface area contributed by atoms with Gasteiger partial charge >= 0.3 is 5.97 Å². The van der Waals surface area contributed by atoms with Crippen LogP contribution in [0.4, 0.5) is 0 Å². The fourth-order valence-electron chi connectivity index (χ4n) is 1.59. The molecule has 1 amide bonds. The van der Waals surface area contributed by atoms with E-state index in [1.807, 2.05) is 0 Å². The first kappa shape index (κ1) is 11.9. The number of nitrogens with zero attached hydrogens (tertiary/aromatic N) is 1. The third-order valence-electron chi connectivity index (χ3n) is 2.40. The molecule has 0 bridgehead atoms. The highest BCUT2D eigenvalue weighted by atomic mass is 16.5. The van der Waals surface area contributed by atoms with Crippen LogP contribution in [-0.4, -0.2) is 61.3 Å². The lowest BCUT2D eigenvalue weighted by atomic mass is 10.2. The Labute approximate surface area is 88.2 Å². The van der Waals surface area contributed by atoms with Crippen LogP contribution < -0.4 is 5.32 Å². The van der Waals surface area contributed by atoms with E-state index in [0.29, 0.717) is 26.1 Å². The van der Waals surface area contributed by atoms with Crippen molar-refractivity contribution in [1.29, 1.82) is 0 Å². The van der Waals surface area contributed by atoms with E-state index < -0.39 is 12.0 Å². The third kappa shape index (κ3) is 3.49. The van der Waals surface area contributed by atoms with Gasteiger partial charge in [0.25, 0.3) is 0 Å². The summed E-state index contributed by atoms with van der Waals surface area (Å²) in [6, 6.07) is -0.664. The summed E-state index contributed by atoms with van der Waals surface area (Å²) in [5.74, 6) is -0.940. The van der Waals surface area contributed by atoms with Crippen LogP contribution in [0.15, 0.2) is 0 Å². The van der Waals surface area contributed by atoms with Gasteiger partial charge in [-0.1, -0.05) is 0 Å². The molecule has 1 aliphatic rings. The van der Waals surface area contributed by atoms with E-state index in [9.17, 15) is 9.59 Å². The third-order valence-corrected chi connectivity index (χ3v) is 2.40. The van der Waals surface area contributed by atoms with E-state index >= 15 is 0 Å². The Hall–Kier alpha value is -1.14. The number of hydrogen-bond donors (Lipinski definition) is 2. The molecule has 0 spiro atoms. The summed E-state index contributed by atoms with van der Waals surface area (Å²) in [5.41, 5.74) is 0. The molecular formula is C9H16N2O4. The van der Waals surface area contributed by atoms with Crippen molar-refractivity contribution in [3.63, 3.8) is 0 Å². The fourth-order valence-corrected chi connectivity index (χ4v) is 1.59. The average molecular weight is 216 g/mol. The zero-order valence-corrected chi connectivity index (χ0v) is 8.73. The number of aliphatic carboxylic acids is 1. The van der Waals surface area contributed by atoms with E-state index in [0.717, 1.165) is 0 Å². The maximum absolute atomic E-state index is 11.1. The highest BCUT2D eigenvalue weighted by Crippen LogP contribution is 2.04. The monoisotopic (exact) mass is 216 g/mol. The van der Waals surface area contributed by atoms with Crippen molar-refractivity contribution >= 4 is 11.9 Å². The molecule has 2 N–H and O–H groups in total. The van der Waals surface area contributed by atoms with Crippen molar-refractivity contribution in [2.24, 2.45) is 0 Å². The number of nitrogens with one attached hydrogen (secondary N) is 1. The first-order valence-electron chi connectivity index (χ1n) is 4.87. The summed E-state index contributed by atoms with van der Waals surface area (Å²) in [4.78, 5) is 23.8. The standard InChI is InChI=1S/C9H16N2O4/c1-15-6-7(9(13)14)11-4-2-8(12)10-3-5-11/h7H,2-6H2,1H3,(H,10,12)(H,13,14). The number of carbonyl (C=O) groups is 2. The normalized spacial score (nSPS) is 20.5. The minimum absolute atomic E-state index is 0.0287. The lowest BCUT2D eigenvalue weighted by Crippen LogP contribution is -2.45. The predicted octanol–water partition coefficient (Wildman–Crippen LogP) is -1.09. The molecule has 6 heteroatoms. The van der Waals surface area contributed by atoms with Crippen molar-refractivity contribution in [2.75, 3.05) is 33.4 Å². The second kappa shape index (κ2) is 5.67. The summed E-state index contributed by atoms with van der Waals surface area (Å²) in [5, 5.41) is 11.7. The first-order valence-corrected chi connectivity index (χ1v) is 4.87. The van der Waals surface area contributed by atoms with Crippen molar-refractivity contribution in [3.05, 3.63) is 0 Å². The molecule has 1 unspecified atom stereocenters. The number of rotatable bonds is 4. The highest BCUT2D eigenvalue weighted by Gasteiger charge is 2.27. The van der Waals surface area contributed by atoms with Crippen molar-refractivity contribution < 1.29 is 19.4 Å². The van der Waals surface area contributed by atoms with Crippen LogP contribution in [0.25, 0.3) is 0 Å². The number of carboxylic acids is 1. The predicted molar refractivity (Wildman–Crippen MR) is 52.5 cm³/mol. The van der Waals surface area contributed by atoms with Gasteiger partial charge in [-0.05, 0) is 0 Å². The molecule has 1 saturated heterocycles. The van der Waals surface area contributed by atoms with Gasteiger partial charge in [-0.2, -0.15) is 0 Å². The minimum Gasteiger partial charge on any atom is -0.480 e. The maximum atomic E-state index is 11.1. The number of hydrogen-bond acceptors (Lipinski definition) is 4. The SMILES string of the molecule is COCC(C(=O)O)N1CCNC(=O)CC1. The Balaban J connectivity index is 2.58. The Bertz CT molecular complexity index is 244. The van der Waals surface area contributed by atoms with Crippen LogP contribution in [0.1, 0.15) is 6.42 Å². The Morgan fingerprint density at radius 1 is 1.67 bits per heavy atom. The summed E-state index contributed by atoms with van der Waals surface area (Å²) >= 11 is 0. The van der Waals surface area contributed by atoms with Gasteiger partial charge in [-0.25, -0.2) is 0 Å². The Kier molecular flexibility index (Phi) is 4.51. The Morgan fingerprint density at radius 3 is 3.00 bits per heavy atom. The fraction of sp³-hybridized carbons (Fsp3) is 0.778. The summed E-state index contributed by atoms with van der Waals surface area (Å²) in [6.45, 7) is 1.65. The van der Waals surface area contributed by atoms with Gasteiger partial charge in [-0.15, -0.1) is 0 Å². The molecule has 1 atom stereocenters. The quantitative estimate of drug-likeness (QED) is 0.624. The van der Waals surface area contributed by atoms with Gasteiger partial charge in [0, 0.05) is 33.2 Å². The van der Waals surface area contributed by atoms with Crippen molar-refractivity contribution in [1.82, 2.24) is 10.2 Å². The van der Waals surface area contributed by atoms with Crippen LogP contribution in [0, 0.1) is 0 Å². The number of carboxylic acid groups (broad SMARTS) is 1. The molecule has 1 aliphatic heterocycles.